The second kappa shape index (κ2) is 7.63. The first-order valence-corrected chi connectivity index (χ1v) is 11.7. The number of fused-ring (bicyclic) bond motifs is 1. The fourth-order valence-electron chi connectivity index (χ4n) is 5.32. The molecule has 3 heteroatoms. The van der Waals surface area contributed by atoms with Crippen LogP contribution in [0.3, 0.4) is 0 Å². The van der Waals surface area contributed by atoms with E-state index < -0.39 is 0 Å². The van der Waals surface area contributed by atoms with Crippen LogP contribution in [0.15, 0.2) is 0 Å². The van der Waals surface area contributed by atoms with E-state index in [-0.39, 0.29) is 4.75 Å². The van der Waals surface area contributed by atoms with E-state index in [1.807, 2.05) is 0 Å². The van der Waals surface area contributed by atoms with Gasteiger partial charge in [0.1, 0.15) is 0 Å². The Morgan fingerprint density at radius 1 is 1.16 bits per heavy atom. The van der Waals surface area contributed by atoms with Crippen molar-refractivity contribution in [1.82, 2.24) is 4.90 Å². The number of thiol groups is 1. The summed E-state index contributed by atoms with van der Waals surface area (Å²) < 4.78 is 0.196. The highest BCUT2D eigenvalue weighted by atomic mass is 32.1. The summed E-state index contributed by atoms with van der Waals surface area (Å²) in [7, 11) is 3.19. The molecular weight excluding hydrogens is 341 g/mol. The predicted octanol–water partition coefficient (Wildman–Crippen LogP) is 6.43. The average molecular weight is 386 g/mol. The third-order valence-electron chi connectivity index (χ3n) is 7.76. The summed E-state index contributed by atoms with van der Waals surface area (Å²) in [6.45, 7) is 19.3. The largest absolute Gasteiger partial charge is 0.297 e. The molecule has 148 valence electrons. The molecule has 1 nitrogen and oxygen atoms in total. The minimum atomic E-state index is 0.196. The first-order valence-electron chi connectivity index (χ1n) is 10.7. The number of piperidine rings is 1. The van der Waals surface area contributed by atoms with Crippen molar-refractivity contribution in [3.63, 3.8) is 0 Å². The van der Waals surface area contributed by atoms with E-state index in [1.165, 1.54) is 58.0 Å². The van der Waals surface area contributed by atoms with Crippen LogP contribution < -0.4 is 0 Å². The Bertz CT molecular complexity index is 461. The highest BCUT2D eigenvalue weighted by molar-refractivity contribution is 7.81. The van der Waals surface area contributed by atoms with E-state index in [2.05, 4.69) is 62.6 Å². The van der Waals surface area contributed by atoms with Crippen LogP contribution in [0.2, 0.25) is 0 Å². The minimum absolute atomic E-state index is 0.196. The molecule has 0 aromatic heterocycles. The van der Waals surface area contributed by atoms with Crippen LogP contribution in [0.25, 0.3) is 0 Å². The van der Waals surface area contributed by atoms with Crippen LogP contribution in [-0.4, -0.2) is 33.4 Å². The maximum absolute atomic E-state index is 5.51. The van der Waals surface area contributed by atoms with Gasteiger partial charge in [0.05, 0.1) is 0 Å². The summed E-state index contributed by atoms with van der Waals surface area (Å²) in [6.07, 6.45) is 9.09. The summed E-state index contributed by atoms with van der Waals surface area (Å²) in [5, 5.41) is 0.327. The topological polar surface area (TPSA) is 3.24 Å². The van der Waals surface area contributed by atoms with Crippen LogP contribution in [0.4, 0.5) is 0 Å². The molecule has 0 spiro atoms. The maximum atomic E-state index is 5.51. The van der Waals surface area contributed by atoms with Gasteiger partial charge in [-0.15, -0.1) is 9.24 Å². The fourth-order valence-corrected chi connectivity index (χ4v) is 6.99. The average Bonchev–Trinajstić information content (AvgIpc) is 3.07. The third-order valence-corrected chi connectivity index (χ3v) is 9.08. The molecule has 0 bridgehead atoms. The zero-order valence-electron chi connectivity index (χ0n) is 18.0. The molecule has 1 aliphatic heterocycles. The number of rotatable bonds is 10. The van der Waals surface area contributed by atoms with Gasteiger partial charge in [0, 0.05) is 28.8 Å². The van der Waals surface area contributed by atoms with E-state index in [1.54, 1.807) is 0 Å². The first kappa shape index (κ1) is 22.0. The Morgan fingerprint density at radius 3 is 2.32 bits per heavy atom. The predicted molar refractivity (Wildman–Crippen MR) is 120 cm³/mol. The molecule has 1 saturated heterocycles. The summed E-state index contributed by atoms with van der Waals surface area (Å²) >= 11 is 5.51. The Balaban J connectivity index is 2.21. The van der Waals surface area contributed by atoms with Crippen molar-refractivity contribution in [1.29, 1.82) is 0 Å². The molecule has 0 amide bonds. The van der Waals surface area contributed by atoms with Crippen molar-refractivity contribution in [3.8, 4) is 0 Å². The first-order chi connectivity index (χ1) is 11.4. The number of likely N-dealkylation sites (tertiary alicyclic amines) is 1. The molecule has 2 fully saturated rings. The Hall–Kier alpha value is 0.740. The van der Waals surface area contributed by atoms with E-state index >= 15 is 0 Å². The standard InChI is InChI=1S/C22H44NPS/c1-8-10-12-22(25,15-20(7,24)11-9-2)21-13-18(21)14-23(16-21)19(5,6)17(3)4/h17-18,25H,8-16,24H2,1-7H3. The Kier molecular flexibility index (Phi) is 6.73. The quantitative estimate of drug-likeness (QED) is 0.335. The molecule has 5 atom stereocenters. The number of unbranched alkanes of at least 4 members (excludes halogenated alkanes) is 1. The van der Waals surface area contributed by atoms with Crippen molar-refractivity contribution in [2.75, 3.05) is 13.1 Å². The molecule has 2 aliphatic rings. The lowest BCUT2D eigenvalue weighted by molar-refractivity contribution is 0.0759. The van der Waals surface area contributed by atoms with Crippen LogP contribution in [-0.2, 0) is 0 Å². The van der Waals surface area contributed by atoms with Crippen molar-refractivity contribution in [3.05, 3.63) is 0 Å². The molecule has 25 heavy (non-hydrogen) atoms. The van der Waals surface area contributed by atoms with Crippen LogP contribution in [0.1, 0.15) is 93.4 Å². The molecule has 2 rings (SSSR count). The SMILES string of the molecule is CCCCC(S)(CC(C)(P)CCC)C12CC1CN(C(C)(C)C(C)C)C2. The maximum Gasteiger partial charge on any atom is 0.0210 e. The van der Waals surface area contributed by atoms with Crippen molar-refractivity contribution < 1.29 is 0 Å². The highest BCUT2D eigenvalue weighted by Gasteiger charge is 2.69. The van der Waals surface area contributed by atoms with Crippen LogP contribution >= 0.6 is 21.9 Å². The minimum Gasteiger partial charge on any atom is -0.297 e. The Labute approximate surface area is 166 Å². The van der Waals surface area contributed by atoms with E-state index in [0.29, 0.717) is 22.0 Å². The van der Waals surface area contributed by atoms with E-state index in [9.17, 15) is 0 Å². The highest BCUT2D eigenvalue weighted by Crippen LogP contribution is 2.69. The lowest BCUT2D eigenvalue weighted by atomic mass is 9.75. The number of hydrogen-bond donors (Lipinski definition) is 1. The third kappa shape index (κ3) is 4.27. The molecule has 0 N–H and O–H groups in total. The van der Waals surface area contributed by atoms with Crippen LogP contribution in [0.5, 0.6) is 0 Å². The second-order valence-electron chi connectivity index (χ2n) is 10.5. The Morgan fingerprint density at radius 2 is 1.80 bits per heavy atom. The zero-order chi connectivity index (χ0) is 19.1. The molecule has 0 aromatic carbocycles. The molecule has 0 radical (unpaired) electrons. The normalized spacial score (nSPS) is 31.7. The van der Waals surface area contributed by atoms with Gasteiger partial charge in [0.25, 0.3) is 0 Å². The molecule has 5 unspecified atom stereocenters. The lowest BCUT2D eigenvalue weighted by Crippen LogP contribution is -2.50. The summed E-state index contributed by atoms with van der Waals surface area (Å²) in [5.41, 5.74) is 0.760. The summed E-state index contributed by atoms with van der Waals surface area (Å²) in [6, 6.07) is 0. The van der Waals surface area contributed by atoms with Crippen molar-refractivity contribution in [2.24, 2.45) is 17.3 Å². The van der Waals surface area contributed by atoms with Gasteiger partial charge >= 0.3 is 0 Å². The van der Waals surface area contributed by atoms with Gasteiger partial charge in [0.15, 0.2) is 0 Å². The van der Waals surface area contributed by atoms with Gasteiger partial charge in [-0.25, -0.2) is 0 Å². The molecule has 0 aromatic rings. The molecular formula is C22H44NPS. The molecule has 1 aliphatic carbocycles. The summed E-state index contributed by atoms with van der Waals surface area (Å²) in [4.78, 5) is 2.79. The van der Waals surface area contributed by atoms with E-state index in [0.717, 1.165) is 5.92 Å². The van der Waals surface area contributed by atoms with Gasteiger partial charge in [-0.1, -0.05) is 53.9 Å². The van der Waals surface area contributed by atoms with Crippen molar-refractivity contribution >= 4 is 21.9 Å². The van der Waals surface area contributed by atoms with Crippen LogP contribution in [0, 0.1) is 17.3 Å². The van der Waals surface area contributed by atoms with Gasteiger partial charge in [-0.3, -0.25) is 4.90 Å². The number of hydrogen-bond acceptors (Lipinski definition) is 2. The lowest BCUT2D eigenvalue weighted by Gasteiger charge is -2.46. The molecule has 1 heterocycles. The molecule has 1 saturated carbocycles. The zero-order valence-corrected chi connectivity index (χ0v) is 20.0. The monoisotopic (exact) mass is 385 g/mol. The van der Waals surface area contributed by atoms with Gasteiger partial charge in [-0.2, -0.15) is 12.6 Å². The second-order valence-corrected chi connectivity index (χ2v) is 12.7. The summed E-state index contributed by atoms with van der Waals surface area (Å²) in [5.74, 6) is 1.57. The van der Waals surface area contributed by atoms with Crippen molar-refractivity contribution in [2.45, 2.75) is 109 Å². The smallest absolute Gasteiger partial charge is 0.0210 e. The van der Waals surface area contributed by atoms with Gasteiger partial charge < -0.3 is 0 Å². The van der Waals surface area contributed by atoms with Gasteiger partial charge in [-0.05, 0) is 56.5 Å². The number of nitrogens with zero attached hydrogens (tertiary/aromatic N) is 1. The van der Waals surface area contributed by atoms with E-state index in [4.69, 9.17) is 12.6 Å². The van der Waals surface area contributed by atoms with Gasteiger partial charge in [0.2, 0.25) is 0 Å². The fraction of sp³-hybridized carbons (Fsp3) is 1.00.